The molecular weight excluding hydrogens is 244 g/mol. The number of hydrogen-bond donors (Lipinski definition) is 2. The second-order valence-corrected chi connectivity index (χ2v) is 4.31. The smallest absolute Gasteiger partial charge is 0.328 e. The monoisotopic (exact) mass is 262 g/mol. The average Bonchev–Trinajstić information content (AvgIpc) is 2.35. The Balaban J connectivity index is 3.13. The molecule has 0 aliphatic heterocycles. The number of methoxy groups -OCH3 is 1. The standard InChI is InChI=1S/C15H18O4/c1-10(2)4-7-12-13(19-3)8-5-11(15(12)18)6-9-14(16)17/h5-6,8-9,18H,1,4,7H2,2-3H3,(H,16,17)/b9-6+. The summed E-state index contributed by atoms with van der Waals surface area (Å²) in [6.07, 6.45) is 3.68. The topological polar surface area (TPSA) is 66.8 Å². The molecule has 0 unspecified atom stereocenters. The number of aliphatic carboxylic acids is 1. The van der Waals surface area contributed by atoms with E-state index in [0.717, 1.165) is 18.1 Å². The normalized spacial score (nSPS) is 10.6. The molecule has 0 aliphatic carbocycles. The van der Waals surface area contributed by atoms with Gasteiger partial charge in [-0.05, 0) is 38.0 Å². The second-order valence-electron chi connectivity index (χ2n) is 4.31. The van der Waals surface area contributed by atoms with E-state index in [4.69, 9.17) is 9.84 Å². The van der Waals surface area contributed by atoms with E-state index in [1.54, 1.807) is 12.1 Å². The number of carbonyl (C=O) groups is 1. The molecule has 1 aromatic rings. The molecule has 0 heterocycles. The Morgan fingerprint density at radius 2 is 2.16 bits per heavy atom. The van der Waals surface area contributed by atoms with Gasteiger partial charge in [0.05, 0.1) is 7.11 Å². The maximum Gasteiger partial charge on any atom is 0.328 e. The molecule has 2 N–H and O–H groups in total. The van der Waals surface area contributed by atoms with Crippen molar-refractivity contribution in [3.8, 4) is 11.5 Å². The van der Waals surface area contributed by atoms with Crippen LogP contribution in [0.2, 0.25) is 0 Å². The summed E-state index contributed by atoms with van der Waals surface area (Å²) in [5.74, 6) is -0.414. The molecule has 0 amide bonds. The molecule has 0 radical (unpaired) electrons. The molecule has 19 heavy (non-hydrogen) atoms. The molecule has 0 saturated heterocycles. The zero-order valence-electron chi connectivity index (χ0n) is 11.1. The van der Waals surface area contributed by atoms with E-state index in [9.17, 15) is 9.90 Å². The van der Waals surface area contributed by atoms with Crippen LogP contribution in [-0.2, 0) is 11.2 Å². The van der Waals surface area contributed by atoms with Crippen molar-refractivity contribution in [2.24, 2.45) is 0 Å². The number of rotatable bonds is 6. The van der Waals surface area contributed by atoms with Gasteiger partial charge in [-0.15, -0.1) is 6.58 Å². The molecule has 0 atom stereocenters. The fraction of sp³-hybridized carbons (Fsp3) is 0.267. The van der Waals surface area contributed by atoms with E-state index in [1.165, 1.54) is 13.2 Å². The van der Waals surface area contributed by atoms with Crippen molar-refractivity contribution >= 4 is 12.0 Å². The van der Waals surface area contributed by atoms with Crippen LogP contribution in [0.5, 0.6) is 11.5 Å². The average molecular weight is 262 g/mol. The zero-order valence-corrected chi connectivity index (χ0v) is 11.1. The van der Waals surface area contributed by atoms with Crippen molar-refractivity contribution in [3.05, 3.63) is 41.5 Å². The van der Waals surface area contributed by atoms with Crippen LogP contribution in [-0.4, -0.2) is 23.3 Å². The van der Waals surface area contributed by atoms with Gasteiger partial charge in [0, 0.05) is 17.2 Å². The number of ether oxygens (including phenoxy) is 1. The number of benzene rings is 1. The molecule has 1 aromatic carbocycles. The van der Waals surface area contributed by atoms with Crippen LogP contribution in [0, 0.1) is 0 Å². The van der Waals surface area contributed by atoms with Gasteiger partial charge in [-0.1, -0.05) is 5.57 Å². The van der Waals surface area contributed by atoms with Crippen LogP contribution in [0.25, 0.3) is 6.08 Å². The molecular formula is C15H18O4. The number of allylic oxidation sites excluding steroid dienone is 1. The van der Waals surface area contributed by atoms with E-state index in [1.807, 2.05) is 6.92 Å². The van der Waals surface area contributed by atoms with Gasteiger partial charge in [0.2, 0.25) is 0 Å². The summed E-state index contributed by atoms with van der Waals surface area (Å²) >= 11 is 0. The maximum atomic E-state index is 10.5. The third-order valence-electron chi connectivity index (χ3n) is 2.70. The first-order valence-electron chi connectivity index (χ1n) is 5.90. The fourth-order valence-corrected chi connectivity index (χ4v) is 1.70. The number of carboxylic acids is 1. The summed E-state index contributed by atoms with van der Waals surface area (Å²) in [5, 5.41) is 18.8. The summed E-state index contributed by atoms with van der Waals surface area (Å²) in [4.78, 5) is 10.5. The number of carboxylic acid groups (broad SMARTS) is 1. The summed E-state index contributed by atoms with van der Waals surface area (Å²) in [7, 11) is 1.53. The third kappa shape index (κ3) is 4.17. The predicted octanol–water partition coefficient (Wildman–Crippen LogP) is 3.01. The van der Waals surface area contributed by atoms with Crippen molar-refractivity contribution < 1.29 is 19.7 Å². The molecule has 0 spiro atoms. The highest BCUT2D eigenvalue weighted by Crippen LogP contribution is 2.33. The van der Waals surface area contributed by atoms with Crippen LogP contribution in [0.4, 0.5) is 0 Å². The van der Waals surface area contributed by atoms with Gasteiger partial charge in [0.1, 0.15) is 11.5 Å². The van der Waals surface area contributed by atoms with Gasteiger partial charge in [0.25, 0.3) is 0 Å². The second kappa shape index (κ2) is 6.64. The van der Waals surface area contributed by atoms with Crippen molar-refractivity contribution in [2.75, 3.05) is 7.11 Å². The van der Waals surface area contributed by atoms with Gasteiger partial charge in [-0.25, -0.2) is 4.79 Å². The summed E-state index contributed by atoms with van der Waals surface area (Å²) in [5.41, 5.74) is 2.13. The molecule has 0 bridgehead atoms. The first-order valence-corrected chi connectivity index (χ1v) is 5.90. The highest BCUT2D eigenvalue weighted by atomic mass is 16.5. The van der Waals surface area contributed by atoms with Gasteiger partial charge >= 0.3 is 5.97 Å². The van der Waals surface area contributed by atoms with Crippen molar-refractivity contribution in [2.45, 2.75) is 19.8 Å². The maximum absolute atomic E-state index is 10.5. The molecule has 0 fully saturated rings. The lowest BCUT2D eigenvalue weighted by molar-refractivity contribution is -0.131. The summed E-state index contributed by atoms with van der Waals surface area (Å²) < 4.78 is 5.21. The molecule has 0 aromatic heterocycles. The van der Waals surface area contributed by atoms with E-state index in [-0.39, 0.29) is 5.75 Å². The van der Waals surface area contributed by atoms with E-state index in [2.05, 4.69) is 6.58 Å². The minimum atomic E-state index is -1.06. The number of hydrogen-bond acceptors (Lipinski definition) is 3. The first-order chi connectivity index (χ1) is 8.95. The lowest BCUT2D eigenvalue weighted by Gasteiger charge is -2.12. The van der Waals surface area contributed by atoms with Crippen LogP contribution in [0.3, 0.4) is 0 Å². The third-order valence-corrected chi connectivity index (χ3v) is 2.70. The minimum Gasteiger partial charge on any atom is -0.507 e. The summed E-state index contributed by atoms with van der Waals surface area (Å²) in [6.45, 7) is 5.74. The Bertz CT molecular complexity index is 515. The number of phenols is 1. The van der Waals surface area contributed by atoms with Crippen molar-refractivity contribution in [1.82, 2.24) is 0 Å². The Morgan fingerprint density at radius 1 is 1.47 bits per heavy atom. The predicted molar refractivity (Wildman–Crippen MR) is 74.5 cm³/mol. The number of aromatic hydroxyl groups is 1. The van der Waals surface area contributed by atoms with Gasteiger partial charge < -0.3 is 14.9 Å². The molecule has 0 saturated carbocycles. The van der Waals surface area contributed by atoms with Gasteiger partial charge in [0.15, 0.2) is 0 Å². The lowest BCUT2D eigenvalue weighted by atomic mass is 10.0. The largest absolute Gasteiger partial charge is 0.507 e. The van der Waals surface area contributed by atoms with Crippen LogP contribution in [0.15, 0.2) is 30.4 Å². The minimum absolute atomic E-state index is 0.0538. The van der Waals surface area contributed by atoms with Crippen molar-refractivity contribution in [3.63, 3.8) is 0 Å². The molecule has 1 rings (SSSR count). The highest BCUT2D eigenvalue weighted by molar-refractivity contribution is 5.86. The number of phenolic OH excluding ortho intramolecular Hbond substituents is 1. The first kappa shape index (κ1) is 14.8. The van der Waals surface area contributed by atoms with E-state index >= 15 is 0 Å². The van der Waals surface area contributed by atoms with Crippen LogP contribution < -0.4 is 4.74 Å². The van der Waals surface area contributed by atoms with Gasteiger partial charge in [-0.2, -0.15) is 0 Å². The van der Waals surface area contributed by atoms with Crippen LogP contribution in [0.1, 0.15) is 24.5 Å². The van der Waals surface area contributed by atoms with Crippen LogP contribution >= 0.6 is 0 Å². The Morgan fingerprint density at radius 3 is 2.68 bits per heavy atom. The quantitative estimate of drug-likeness (QED) is 0.611. The molecule has 0 aliphatic rings. The molecule has 4 nitrogen and oxygen atoms in total. The SMILES string of the molecule is C=C(C)CCc1c(OC)ccc(/C=C/C(=O)O)c1O. The van der Waals surface area contributed by atoms with Gasteiger partial charge in [-0.3, -0.25) is 0 Å². The lowest BCUT2D eigenvalue weighted by Crippen LogP contribution is -1.95. The van der Waals surface area contributed by atoms with E-state index < -0.39 is 5.97 Å². The molecule has 4 heteroatoms. The zero-order chi connectivity index (χ0) is 14.4. The van der Waals surface area contributed by atoms with E-state index in [0.29, 0.717) is 23.3 Å². The van der Waals surface area contributed by atoms with Crippen molar-refractivity contribution in [1.29, 1.82) is 0 Å². The Kier molecular flexibility index (Phi) is 5.18. The Hall–Kier alpha value is -2.23. The summed E-state index contributed by atoms with van der Waals surface area (Å²) in [6, 6.07) is 3.34. The highest BCUT2D eigenvalue weighted by Gasteiger charge is 2.12. The molecule has 102 valence electrons. The fourth-order valence-electron chi connectivity index (χ4n) is 1.70. The Labute approximate surface area is 112 Å².